The largest absolute Gasteiger partial charge is 0.481 e. The maximum absolute atomic E-state index is 11.6. The first-order chi connectivity index (χ1) is 13.2. The monoisotopic (exact) mass is 366 g/mol. The second kappa shape index (κ2) is 7.50. The molecule has 4 rings (SSSR count). The van der Waals surface area contributed by atoms with Crippen LogP contribution in [0.3, 0.4) is 0 Å². The predicted molar refractivity (Wildman–Crippen MR) is 100 cm³/mol. The summed E-state index contributed by atoms with van der Waals surface area (Å²) in [5.74, 6) is -0.769. The smallest absolute Gasteiger partial charge is 0.304 e. The standard InChI is InChI=1S/C21H22N2O4/c24-13-23(15-9-14(22-11-15)10-21(25)26)27-12-20-18-7-3-1-5-16(18)17-6-2-4-8-19(17)20/h1-8,13-15,20,22H,9-12H2,(H,25,26)/t14-,15-/m0/s1. The fourth-order valence-corrected chi connectivity index (χ4v) is 4.18. The third-order valence-electron chi connectivity index (χ3n) is 5.44. The molecule has 6 heteroatoms. The van der Waals surface area contributed by atoms with E-state index in [0.717, 1.165) is 0 Å². The third kappa shape index (κ3) is 3.46. The lowest BCUT2D eigenvalue weighted by Crippen LogP contribution is -2.36. The summed E-state index contributed by atoms with van der Waals surface area (Å²) in [5.41, 5.74) is 4.84. The summed E-state index contributed by atoms with van der Waals surface area (Å²) in [4.78, 5) is 28.4. The highest BCUT2D eigenvalue weighted by molar-refractivity contribution is 5.78. The van der Waals surface area contributed by atoms with E-state index in [-0.39, 0.29) is 24.4 Å². The van der Waals surface area contributed by atoms with Crippen LogP contribution in [0.1, 0.15) is 29.9 Å². The Labute approximate surface area is 157 Å². The van der Waals surface area contributed by atoms with Gasteiger partial charge in [0.25, 0.3) is 0 Å². The van der Waals surface area contributed by atoms with Crippen molar-refractivity contribution in [3.05, 3.63) is 59.7 Å². The van der Waals surface area contributed by atoms with Gasteiger partial charge in [0.2, 0.25) is 6.41 Å². The van der Waals surface area contributed by atoms with Gasteiger partial charge in [-0.2, -0.15) is 0 Å². The van der Waals surface area contributed by atoms with Crippen LogP contribution in [0.25, 0.3) is 11.1 Å². The number of benzene rings is 2. The number of amides is 1. The summed E-state index contributed by atoms with van der Waals surface area (Å²) in [6.45, 7) is 0.904. The van der Waals surface area contributed by atoms with Crippen LogP contribution in [0.4, 0.5) is 0 Å². The molecular weight excluding hydrogens is 344 g/mol. The number of hydroxylamine groups is 2. The molecule has 0 spiro atoms. The van der Waals surface area contributed by atoms with E-state index < -0.39 is 5.97 Å². The SMILES string of the molecule is O=CN(OCC1c2ccccc2-c2ccccc21)[C@@H]1CN[C@H](CC(=O)O)C1. The second-order valence-corrected chi connectivity index (χ2v) is 7.08. The van der Waals surface area contributed by atoms with Gasteiger partial charge in [0.05, 0.1) is 19.1 Å². The van der Waals surface area contributed by atoms with Crippen molar-refractivity contribution in [3.63, 3.8) is 0 Å². The third-order valence-corrected chi connectivity index (χ3v) is 5.44. The van der Waals surface area contributed by atoms with Crippen LogP contribution in [0.5, 0.6) is 0 Å². The Morgan fingerprint density at radius 2 is 1.78 bits per heavy atom. The highest BCUT2D eigenvalue weighted by Crippen LogP contribution is 2.44. The van der Waals surface area contributed by atoms with Crippen LogP contribution in [-0.4, -0.2) is 47.8 Å². The Hall–Kier alpha value is -2.70. The maximum atomic E-state index is 11.6. The minimum atomic E-state index is -0.842. The van der Waals surface area contributed by atoms with Gasteiger partial charge >= 0.3 is 5.97 Å². The van der Waals surface area contributed by atoms with Crippen LogP contribution in [-0.2, 0) is 14.4 Å². The first kappa shape index (κ1) is 17.7. The summed E-state index contributed by atoms with van der Waals surface area (Å²) >= 11 is 0. The van der Waals surface area contributed by atoms with Crippen molar-refractivity contribution >= 4 is 12.4 Å². The average Bonchev–Trinajstić information content (AvgIpc) is 3.25. The van der Waals surface area contributed by atoms with Crippen molar-refractivity contribution in [3.8, 4) is 11.1 Å². The number of hydrogen-bond donors (Lipinski definition) is 2. The van der Waals surface area contributed by atoms with Crippen molar-refractivity contribution in [1.29, 1.82) is 0 Å². The first-order valence-corrected chi connectivity index (χ1v) is 9.17. The maximum Gasteiger partial charge on any atom is 0.304 e. The van der Waals surface area contributed by atoms with Gasteiger partial charge in [0.15, 0.2) is 0 Å². The van der Waals surface area contributed by atoms with Crippen molar-refractivity contribution in [2.45, 2.75) is 30.8 Å². The number of nitrogens with one attached hydrogen (secondary N) is 1. The molecule has 2 aliphatic rings. The molecule has 1 fully saturated rings. The summed E-state index contributed by atoms with van der Waals surface area (Å²) in [6, 6.07) is 16.3. The lowest BCUT2D eigenvalue weighted by Gasteiger charge is -2.25. The molecule has 2 atom stereocenters. The summed E-state index contributed by atoms with van der Waals surface area (Å²) in [7, 11) is 0. The zero-order valence-electron chi connectivity index (χ0n) is 14.9. The molecule has 0 unspecified atom stereocenters. The molecule has 0 saturated carbocycles. The molecule has 1 aliphatic heterocycles. The molecule has 1 heterocycles. The van der Waals surface area contributed by atoms with E-state index in [4.69, 9.17) is 9.94 Å². The quantitative estimate of drug-likeness (QED) is 0.581. The molecule has 0 radical (unpaired) electrons. The number of rotatable bonds is 7. The molecule has 1 saturated heterocycles. The van der Waals surface area contributed by atoms with E-state index in [0.29, 0.717) is 26.0 Å². The Morgan fingerprint density at radius 3 is 2.37 bits per heavy atom. The molecule has 27 heavy (non-hydrogen) atoms. The molecule has 6 nitrogen and oxygen atoms in total. The van der Waals surface area contributed by atoms with Crippen LogP contribution in [0, 0.1) is 0 Å². The Bertz CT molecular complexity index is 808. The molecule has 0 bridgehead atoms. The van der Waals surface area contributed by atoms with E-state index in [1.54, 1.807) is 0 Å². The van der Waals surface area contributed by atoms with Gasteiger partial charge in [-0.1, -0.05) is 48.5 Å². The Balaban J connectivity index is 1.46. The second-order valence-electron chi connectivity index (χ2n) is 7.08. The fraction of sp³-hybridized carbons (Fsp3) is 0.333. The zero-order valence-corrected chi connectivity index (χ0v) is 14.9. The summed E-state index contributed by atoms with van der Waals surface area (Å²) in [6.07, 6.45) is 1.32. The van der Waals surface area contributed by atoms with Gasteiger partial charge in [-0.25, -0.2) is 5.06 Å². The highest BCUT2D eigenvalue weighted by atomic mass is 16.7. The molecule has 1 aliphatic carbocycles. The average molecular weight is 366 g/mol. The molecule has 2 N–H and O–H groups in total. The van der Waals surface area contributed by atoms with E-state index in [1.807, 2.05) is 24.3 Å². The van der Waals surface area contributed by atoms with Crippen LogP contribution in [0.2, 0.25) is 0 Å². The molecule has 2 aromatic rings. The number of hydrogen-bond acceptors (Lipinski definition) is 4. The Morgan fingerprint density at radius 1 is 1.15 bits per heavy atom. The molecule has 1 amide bonds. The summed E-state index contributed by atoms with van der Waals surface area (Å²) < 4.78 is 0. The van der Waals surface area contributed by atoms with Gasteiger partial charge in [-0.3, -0.25) is 14.4 Å². The number of nitrogens with zero attached hydrogens (tertiary/aromatic N) is 1. The first-order valence-electron chi connectivity index (χ1n) is 9.17. The number of fused-ring (bicyclic) bond motifs is 3. The number of carbonyl (C=O) groups excluding carboxylic acids is 1. The number of carboxylic acid groups (broad SMARTS) is 1. The van der Waals surface area contributed by atoms with Gasteiger partial charge in [-0.15, -0.1) is 0 Å². The van der Waals surface area contributed by atoms with Gasteiger partial charge in [0.1, 0.15) is 0 Å². The fourth-order valence-electron chi connectivity index (χ4n) is 4.18. The predicted octanol–water partition coefficient (Wildman–Crippen LogP) is 2.39. The van der Waals surface area contributed by atoms with Gasteiger partial charge in [-0.05, 0) is 28.7 Å². The molecule has 0 aromatic heterocycles. The number of aliphatic carboxylic acids is 1. The van der Waals surface area contributed by atoms with E-state index in [9.17, 15) is 9.59 Å². The van der Waals surface area contributed by atoms with Gasteiger partial charge in [0, 0.05) is 18.5 Å². The van der Waals surface area contributed by atoms with Gasteiger partial charge < -0.3 is 10.4 Å². The van der Waals surface area contributed by atoms with Crippen LogP contribution < -0.4 is 5.32 Å². The lowest BCUT2D eigenvalue weighted by molar-refractivity contribution is -0.185. The normalized spacial score (nSPS) is 20.9. The van der Waals surface area contributed by atoms with Crippen molar-refractivity contribution in [1.82, 2.24) is 10.4 Å². The number of carbonyl (C=O) groups is 2. The minimum absolute atomic E-state index is 0.0482. The van der Waals surface area contributed by atoms with E-state index in [2.05, 4.69) is 29.6 Å². The molecule has 140 valence electrons. The van der Waals surface area contributed by atoms with Crippen LogP contribution >= 0.6 is 0 Å². The minimum Gasteiger partial charge on any atom is -0.481 e. The topological polar surface area (TPSA) is 78.9 Å². The number of carboxylic acids is 1. The van der Waals surface area contributed by atoms with E-state index >= 15 is 0 Å². The zero-order chi connectivity index (χ0) is 18.8. The highest BCUT2D eigenvalue weighted by Gasteiger charge is 2.33. The van der Waals surface area contributed by atoms with Crippen molar-refractivity contribution in [2.75, 3.05) is 13.2 Å². The van der Waals surface area contributed by atoms with E-state index in [1.165, 1.54) is 27.3 Å². The molecule has 2 aromatic carbocycles. The molecular formula is C21H22N2O4. The summed E-state index contributed by atoms with van der Waals surface area (Å²) in [5, 5.41) is 13.4. The lowest BCUT2D eigenvalue weighted by atomic mass is 9.98. The van der Waals surface area contributed by atoms with Crippen LogP contribution in [0.15, 0.2) is 48.5 Å². The Kier molecular flexibility index (Phi) is 4.92. The van der Waals surface area contributed by atoms with Crippen molar-refractivity contribution in [2.24, 2.45) is 0 Å². The van der Waals surface area contributed by atoms with Crippen molar-refractivity contribution < 1.29 is 19.5 Å².